The molecule has 0 spiro atoms. The highest BCUT2D eigenvalue weighted by Gasteiger charge is 2.09. The van der Waals surface area contributed by atoms with Crippen LogP contribution in [0.25, 0.3) is 10.6 Å². The fourth-order valence-corrected chi connectivity index (χ4v) is 3.34. The third kappa shape index (κ3) is 8.47. The summed E-state index contributed by atoms with van der Waals surface area (Å²) in [5.41, 5.74) is 1.78. The van der Waals surface area contributed by atoms with E-state index in [1.54, 1.807) is 36.1 Å². The topological polar surface area (TPSA) is 127 Å². The summed E-state index contributed by atoms with van der Waals surface area (Å²) < 4.78 is 10.5. The molecule has 3 N–H and O–H groups in total. The Bertz CT molecular complexity index is 1010. The van der Waals surface area contributed by atoms with Crippen molar-refractivity contribution < 1.29 is 19.1 Å². The van der Waals surface area contributed by atoms with Gasteiger partial charge >= 0.3 is 12.1 Å². The molecule has 11 heteroatoms. The number of thiazole rings is 1. The molecular formula is C22H26N6O4S. The third-order valence-electron chi connectivity index (χ3n) is 4.25. The van der Waals surface area contributed by atoms with Gasteiger partial charge in [0.2, 0.25) is 0 Å². The van der Waals surface area contributed by atoms with Crippen LogP contribution in [0, 0.1) is 0 Å². The van der Waals surface area contributed by atoms with Gasteiger partial charge in [0.15, 0.2) is 0 Å². The predicted molar refractivity (Wildman–Crippen MR) is 126 cm³/mol. The van der Waals surface area contributed by atoms with E-state index >= 15 is 0 Å². The van der Waals surface area contributed by atoms with Crippen LogP contribution in [-0.2, 0) is 16.1 Å². The minimum absolute atomic E-state index is 0.336. The molecule has 0 fully saturated rings. The SMILES string of the molecule is CCCCOC(=O)NCCOCc1ccc(NC(=O)Nc2csc(-c3ccncc3)n2)nc1. The Labute approximate surface area is 195 Å². The van der Waals surface area contributed by atoms with E-state index in [9.17, 15) is 9.59 Å². The number of hydrogen-bond acceptors (Lipinski definition) is 8. The second-order valence-corrected chi connectivity index (χ2v) is 7.73. The molecule has 0 radical (unpaired) electrons. The van der Waals surface area contributed by atoms with Crippen LogP contribution >= 0.6 is 11.3 Å². The van der Waals surface area contributed by atoms with Crippen molar-refractivity contribution in [1.82, 2.24) is 20.3 Å². The lowest BCUT2D eigenvalue weighted by molar-refractivity contribution is 0.112. The number of aromatic nitrogens is 3. The summed E-state index contributed by atoms with van der Waals surface area (Å²) >= 11 is 1.43. The molecule has 3 rings (SSSR count). The van der Waals surface area contributed by atoms with Gasteiger partial charge in [0, 0.05) is 36.1 Å². The van der Waals surface area contributed by atoms with Crippen LogP contribution in [-0.4, -0.2) is 46.8 Å². The molecule has 0 saturated carbocycles. The number of pyridine rings is 2. The zero-order valence-corrected chi connectivity index (χ0v) is 19.1. The summed E-state index contributed by atoms with van der Waals surface area (Å²) in [5, 5.41) is 10.5. The molecule has 0 aromatic carbocycles. The molecule has 3 amide bonds. The predicted octanol–water partition coefficient (Wildman–Crippen LogP) is 4.29. The average molecular weight is 471 g/mol. The van der Waals surface area contributed by atoms with Gasteiger partial charge in [-0.2, -0.15) is 0 Å². The van der Waals surface area contributed by atoms with Gasteiger partial charge in [-0.15, -0.1) is 11.3 Å². The molecule has 0 bridgehead atoms. The fourth-order valence-electron chi connectivity index (χ4n) is 2.58. The molecule has 33 heavy (non-hydrogen) atoms. The molecule has 3 aromatic heterocycles. The standard InChI is InChI=1S/C22H26N6O4S/c1-2-3-11-32-22(30)24-10-12-31-14-16-4-5-18(25-13-16)27-21(29)28-19-15-33-20(26-19)17-6-8-23-9-7-17/h4-9,13,15H,2-3,10-12,14H2,1H3,(H,24,30)(H2,25,27,28,29). The molecule has 3 heterocycles. The Morgan fingerprint density at radius 3 is 2.64 bits per heavy atom. The molecule has 0 atom stereocenters. The van der Waals surface area contributed by atoms with Crippen LogP contribution in [0.2, 0.25) is 0 Å². The minimum atomic E-state index is -0.436. The molecule has 10 nitrogen and oxygen atoms in total. The largest absolute Gasteiger partial charge is 0.450 e. The van der Waals surface area contributed by atoms with Crippen molar-refractivity contribution in [3.63, 3.8) is 0 Å². The van der Waals surface area contributed by atoms with Crippen molar-refractivity contribution in [2.45, 2.75) is 26.4 Å². The van der Waals surface area contributed by atoms with Crippen molar-refractivity contribution in [3.05, 3.63) is 53.8 Å². The van der Waals surface area contributed by atoms with Crippen LogP contribution in [0.5, 0.6) is 0 Å². The number of amides is 3. The van der Waals surface area contributed by atoms with Gasteiger partial charge in [0.1, 0.15) is 16.6 Å². The summed E-state index contributed by atoms with van der Waals surface area (Å²) in [7, 11) is 0. The summed E-state index contributed by atoms with van der Waals surface area (Å²) in [4.78, 5) is 36.2. The summed E-state index contributed by atoms with van der Waals surface area (Å²) in [6.45, 7) is 3.49. The van der Waals surface area contributed by atoms with Gasteiger partial charge in [-0.25, -0.2) is 19.6 Å². The average Bonchev–Trinajstić information content (AvgIpc) is 3.29. The smallest absolute Gasteiger partial charge is 0.407 e. The molecule has 0 saturated heterocycles. The zero-order valence-electron chi connectivity index (χ0n) is 18.2. The van der Waals surface area contributed by atoms with E-state index in [1.807, 2.05) is 19.1 Å². The minimum Gasteiger partial charge on any atom is -0.450 e. The number of anilines is 2. The first kappa shape index (κ1) is 24.1. The highest BCUT2D eigenvalue weighted by atomic mass is 32.1. The monoisotopic (exact) mass is 470 g/mol. The highest BCUT2D eigenvalue weighted by molar-refractivity contribution is 7.13. The lowest BCUT2D eigenvalue weighted by atomic mass is 10.3. The van der Waals surface area contributed by atoms with Crippen molar-refractivity contribution in [2.24, 2.45) is 0 Å². The van der Waals surface area contributed by atoms with Crippen molar-refractivity contribution in [1.29, 1.82) is 0 Å². The quantitative estimate of drug-likeness (QED) is 0.357. The number of nitrogens with one attached hydrogen (secondary N) is 3. The van der Waals surface area contributed by atoms with Gasteiger partial charge in [0.05, 0.1) is 19.8 Å². The Balaban J connectivity index is 1.35. The first-order valence-electron chi connectivity index (χ1n) is 10.5. The Hall–Kier alpha value is -3.57. The summed E-state index contributed by atoms with van der Waals surface area (Å²) in [6, 6.07) is 6.77. The second kappa shape index (κ2) is 13.1. The molecular weight excluding hydrogens is 444 g/mol. The van der Waals surface area contributed by atoms with Gasteiger partial charge in [0.25, 0.3) is 0 Å². The van der Waals surface area contributed by atoms with Crippen molar-refractivity contribution >= 4 is 35.1 Å². The number of hydrogen-bond donors (Lipinski definition) is 3. The lowest BCUT2D eigenvalue weighted by Gasteiger charge is -2.08. The zero-order chi connectivity index (χ0) is 23.3. The third-order valence-corrected chi connectivity index (χ3v) is 5.15. The van der Waals surface area contributed by atoms with E-state index in [2.05, 4.69) is 30.9 Å². The first-order valence-corrected chi connectivity index (χ1v) is 11.4. The number of carbonyl (C=O) groups is 2. The van der Waals surface area contributed by atoms with Crippen LogP contribution in [0.15, 0.2) is 48.2 Å². The molecule has 0 unspecified atom stereocenters. The maximum absolute atomic E-state index is 12.2. The number of carbonyl (C=O) groups excluding carboxylic acids is 2. The van der Waals surface area contributed by atoms with E-state index < -0.39 is 12.1 Å². The molecule has 3 aromatic rings. The van der Waals surface area contributed by atoms with Gasteiger partial charge in [-0.05, 0) is 30.2 Å². The van der Waals surface area contributed by atoms with Crippen LogP contribution in [0.4, 0.5) is 21.2 Å². The number of alkyl carbamates (subject to hydrolysis) is 1. The van der Waals surface area contributed by atoms with E-state index in [-0.39, 0.29) is 0 Å². The second-order valence-electron chi connectivity index (χ2n) is 6.87. The molecule has 174 valence electrons. The van der Waals surface area contributed by atoms with Crippen LogP contribution in [0.1, 0.15) is 25.3 Å². The Morgan fingerprint density at radius 2 is 1.88 bits per heavy atom. The van der Waals surface area contributed by atoms with Gasteiger partial charge in [-0.1, -0.05) is 19.4 Å². The van der Waals surface area contributed by atoms with Crippen LogP contribution in [0.3, 0.4) is 0 Å². The van der Waals surface area contributed by atoms with E-state index in [0.29, 0.717) is 38.0 Å². The molecule has 0 aliphatic heterocycles. The van der Waals surface area contributed by atoms with Gasteiger partial charge in [-0.3, -0.25) is 15.6 Å². The Morgan fingerprint density at radius 1 is 1.06 bits per heavy atom. The number of ether oxygens (including phenoxy) is 2. The van der Waals surface area contributed by atoms with E-state index in [1.165, 1.54) is 11.3 Å². The molecule has 0 aliphatic carbocycles. The summed E-state index contributed by atoms with van der Waals surface area (Å²) in [6.07, 6.45) is 6.39. The highest BCUT2D eigenvalue weighted by Crippen LogP contribution is 2.25. The first-order chi connectivity index (χ1) is 16.1. The van der Waals surface area contributed by atoms with E-state index in [4.69, 9.17) is 9.47 Å². The summed E-state index contributed by atoms with van der Waals surface area (Å²) in [5.74, 6) is 0.856. The number of urea groups is 1. The van der Waals surface area contributed by atoms with Crippen molar-refractivity contribution in [3.8, 4) is 10.6 Å². The Kier molecular flexibility index (Phi) is 9.55. The van der Waals surface area contributed by atoms with Crippen LogP contribution < -0.4 is 16.0 Å². The van der Waals surface area contributed by atoms with E-state index in [0.717, 1.165) is 29.0 Å². The van der Waals surface area contributed by atoms with Gasteiger partial charge < -0.3 is 14.8 Å². The number of rotatable bonds is 11. The molecule has 0 aliphatic rings. The maximum Gasteiger partial charge on any atom is 0.407 e. The maximum atomic E-state index is 12.2. The fraction of sp³-hybridized carbons (Fsp3) is 0.318. The van der Waals surface area contributed by atoms with Crippen molar-refractivity contribution in [2.75, 3.05) is 30.4 Å². The number of unbranched alkanes of at least 4 members (excludes halogenated alkanes) is 1. The lowest BCUT2D eigenvalue weighted by Crippen LogP contribution is -2.28. The number of nitrogens with zero attached hydrogens (tertiary/aromatic N) is 3. The normalized spacial score (nSPS) is 10.5.